The van der Waals surface area contributed by atoms with Crippen molar-refractivity contribution in [3.05, 3.63) is 66.0 Å². The van der Waals surface area contributed by atoms with Gasteiger partial charge in [0.05, 0.1) is 19.4 Å². The second kappa shape index (κ2) is 8.35. The third-order valence-electron chi connectivity index (χ3n) is 4.81. The van der Waals surface area contributed by atoms with Gasteiger partial charge in [-0.1, -0.05) is 18.0 Å². The Morgan fingerprint density at radius 2 is 1.93 bits per heavy atom. The number of halogens is 1. The number of furan rings is 1. The summed E-state index contributed by atoms with van der Waals surface area (Å²) in [6, 6.07) is 10.2. The van der Waals surface area contributed by atoms with Crippen molar-refractivity contribution < 1.29 is 18.1 Å². The number of rotatable bonds is 8. The number of ether oxygens (including phenoxy) is 1. The monoisotopic (exact) mass is 371 g/mol. The molecule has 0 spiro atoms. The van der Waals surface area contributed by atoms with E-state index in [1.54, 1.807) is 18.4 Å². The van der Waals surface area contributed by atoms with Crippen LogP contribution in [0.4, 0.5) is 4.39 Å². The van der Waals surface area contributed by atoms with Crippen LogP contribution in [0.1, 0.15) is 43.2 Å². The van der Waals surface area contributed by atoms with Crippen LogP contribution in [-0.2, 0) is 19.7 Å². The zero-order valence-electron chi connectivity index (χ0n) is 15.0. The van der Waals surface area contributed by atoms with E-state index in [1.807, 2.05) is 12.1 Å². The van der Waals surface area contributed by atoms with Crippen LogP contribution in [-0.4, -0.2) is 21.1 Å². The molecule has 1 fully saturated rings. The van der Waals surface area contributed by atoms with Crippen LogP contribution in [0.25, 0.3) is 0 Å². The molecule has 142 valence electrons. The average molecular weight is 371 g/mol. The maximum absolute atomic E-state index is 12.9. The molecule has 1 aromatic carbocycles. The van der Waals surface area contributed by atoms with Crippen LogP contribution >= 0.6 is 0 Å². The summed E-state index contributed by atoms with van der Waals surface area (Å²) in [5.74, 6) is 2.23. The van der Waals surface area contributed by atoms with Crippen LogP contribution in [0, 0.1) is 5.82 Å². The van der Waals surface area contributed by atoms with E-state index < -0.39 is 0 Å². The van der Waals surface area contributed by atoms with Gasteiger partial charge >= 0.3 is 0 Å². The van der Waals surface area contributed by atoms with Gasteiger partial charge in [0.25, 0.3) is 0 Å². The summed E-state index contributed by atoms with van der Waals surface area (Å²) in [6.07, 6.45) is 6.55. The van der Waals surface area contributed by atoms with Crippen molar-refractivity contribution in [1.82, 2.24) is 15.0 Å². The van der Waals surface area contributed by atoms with E-state index in [9.17, 15) is 4.39 Å². The summed E-state index contributed by atoms with van der Waals surface area (Å²) in [5.41, 5.74) is 0. The lowest BCUT2D eigenvalue weighted by atomic mass is 10.2. The SMILES string of the molecule is Fc1ccc(OCc2noc(CN(Cc3ccco3)C3CCCC3)n2)cc1. The topological polar surface area (TPSA) is 64.5 Å². The predicted octanol–water partition coefficient (Wildman–Crippen LogP) is 4.33. The second-order valence-electron chi connectivity index (χ2n) is 6.77. The fourth-order valence-electron chi connectivity index (χ4n) is 3.45. The predicted molar refractivity (Wildman–Crippen MR) is 95.2 cm³/mol. The number of nitrogens with zero attached hydrogens (tertiary/aromatic N) is 3. The van der Waals surface area contributed by atoms with E-state index in [-0.39, 0.29) is 12.4 Å². The van der Waals surface area contributed by atoms with E-state index in [0.717, 1.165) is 12.3 Å². The first-order valence-corrected chi connectivity index (χ1v) is 9.22. The number of hydrogen-bond donors (Lipinski definition) is 0. The molecule has 3 aromatic rings. The van der Waals surface area contributed by atoms with Gasteiger partial charge in [-0.15, -0.1) is 0 Å². The van der Waals surface area contributed by atoms with Crippen molar-refractivity contribution in [3.8, 4) is 5.75 Å². The molecular formula is C20H22FN3O3. The normalized spacial score (nSPS) is 14.9. The summed E-state index contributed by atoms with van der Waals surface area (Å²) < 4.78 is 29.4. The first-order valence-electron chi connectivity index (χ1n) is 9.22. The number of hydrogen-bond acceptors (Lipinski definition) is 6. The lowest BCUT2D eigenvalue weighted by Gasteiger charge is -2.26. The fraction of sp³-hybridized carbons (Fsp3) is 0.400. The van der Waals surface area contributed by atoms with Crippen LogP contribution in [0.15, 0.2) is 51.6 Å². The average Bonchev–Trinajstić information content (AvgIpc) is 3.44. The first kappa shape index (κ1) is 17.7. The molecular weight excluding hydrogens is 349 g/mol. The molecule has 0 amide bonds. The Kier molecular flexibility index (Phi) is 5.48. The highest BCUT2D eigenvalue weighted by Gasteiger charge is 2.25. The Bertz CT molecular complexity index is 827. The van der Waals surface area contributed by atoms with Gasteiger partial charge in [-0.2, -0.15) is 4.98 Å². The van der Waals surface area contributed by atoms with Gasteiger partial charge in [-0.3, -0.25) is 4.90 Å². The molecule has 0 N–H and O–H groups in total. The summed E-state index contributed by atoms with van der Waals surface area (Å²) in [4.78, 5) is 6.77. The minimum Gasteiger partial charge on any atom is -0.485 e. The van der Waals surface area contributed by atoms with E-state index in [0.29, 0.717) is 30.1 Å². The highest BCUT2D eigenvalue weighted by molar-refractivity contribution is 5.22. The van der Waals surface area contributed by atoms with E-state index in [4.69, 9.17) is 13.7 Å². The van der Waals surface area contributed by atoms with Crippen LogP contribution in [0.5, 0.6) is 5.75 Å². The summed E-state index contributed by atoms with van der Waals surface area (Å²) in [5, 5.41) is 3.99. The van der Waals surface area contributed by atoms with Crippen molar-refractivity contribution in [3.63, 3.8) is 0 Å². The lowest BCUT2D eigenvalue weighted by Crippen LogP contribution is -2.32. The molecule has 1 aliphatic rings. The van der Waals surface area contributed by atoms with Crippen LogP contribution in [0.2, 0.25) is 0 Å². The van der Waals surface area contributed by atoms with Crippen molar-refractivity contribution >= 4 is 0 Å². The Morgan fingerprint density at radius 3 is 2.67 bits per heavy atom. The summed E-state index contributed by atoms with van der Waals surface area (Å²) in [6.45, 7) is 1.48. The molecule has 0 atom stereocenters. The molecule has 6 nitrogen and oxygen atoms in total. The molecule has 2 heterocycles. The quantitative estimate of drug-likeness (QED) is 0.587. The Hall–Kier alpha value is -2.67. The Labute approximate surface area is 156 Å². The molecule has 7 heteroatoms. The van der Waals surface area contributed by atoms with Gasteiger partial charge in [0.2, 0.25) is 11.7 Å². The molecule has 0 saturated heterocycles. The smallest absolute Gasteiger partial charge is 0.240 e. The molecule has 0 unspecified atom stereocenters. The molecule has 4 rings (SSSR count). The van der Waals surface area contributed by atoms with E-state index >= 15 is 0 Å². The Morgan fingerprint density at radius 1 is 1.11 bits per heavy atom. The third-order valence-corrected chi connectivity index (χ3v) is 4.81. The van der Waals surface area contributed by atoms with Gasteiger partial charge in [0.15, 0.2) is 6.61 Å². The van der Waals surface area contributed by atoms with Crippen molar-refractivity contribution in [2.45, 2.75) is 51.4 Å². The largest absolute Gasteiger partial charge is 0.485 e. The van der Waals surface area contributed by atoms with Gasteiger partial charge in [-0.05, 0) is 49.2 Å². The second-order valence-corrected chi connectivity index (χ2v) is 6.77. The highest BCUT2D eigenvalue weighted by Crippen LogP contribution is 2.26. The molecule has 2 aromatic heterocycles. The highest BCUT2D eigenvalue weighted by atomic mass is 19.1. The minimum atomic E-state index is -0.298. The van der Waals surface area contributed by atoms with Crippen molar-refractivity contribution in [2.24, 2.45) is 0 Å². The summed E-state index contributed by atoms with van der Waals surface area (Å²) in [7, 11) is 0. The zero-order chi connectivity index (χ0) is 18.5. The van der Waals surface area contributed by atoms with Crippen molar-refractivity contribution in [2.75, 3.05) is 0 Å². The van der Waals surface area contributed by atoms with Crippen LogP contribution in [0.3, 0.4) is 0 Å². The molecule has 1 saturated carbocycles. The van der Waals surface area contributed by atoms with Crippen LogP contribution < -0.4 is 4.74 Å². The standard InChI is InChI=1S/C20H22FN3O3/c21-15-7-9-17(10-8-15)26-14-19-22-20(27-23-19)13-24(16-4-1-2-5-16)12-18-6-3-11-25-18/h3,6-11,16H,1-2,4-5,12-14H2. The molecule has 27 heavy (non-hydrogen) atoms. The number of aromatic nitrogens is 2. The fourth-order valence-corrected chi connectivity index (χ4v) is 3.45. The molecule has 0 aliphatic heterocycles. The van der Waals surface area contributed by atoms with Gasteiger partial charge < -0.3 is 13.7 Å². The summed E-state index contributed by atoms with van der Waals surface area (Å²) >= 11 is 0. The number of benzene rings is 1. The van der Waals surface area contributed by atoms with E-state index in [1.165, 1.54) is 37.8 Å². The van der Waals surface area contributed by atoms with E-state index in [2.05, 4.69) is 15.0 Å². The molecule has 0 radical (unpaired) electrons. The Balaban J connectivity index is 1.37. The third kappa shape index (κ3) is 4.74. The minimum absolute atomic E-state index is 0.177. The molecule has 0 bridgehead atoms. The van der Waals surface area contributed by atoms with Gasteiger partial charge in [0.1, 0.15) is 17.3 Å². The van der Waals surface area contributed by atoms with Gasteiger partial charge in [0, 0.05) is 6.04 Å². The lowest BCUT2D eigenvalue weighted by molar-refractivity contribution is 0.146. The maximum atomic E-state index is 12.9. The maximum Gasteiger partial charge on any atom is 0.240 e. The first-order chi connectivity index (χ1) is 13.3. The zero-order valence-corrected chi connectivity index (χ0v) is 15.0. The molecule has 1 aliphatic carbocycles. The van der Waals surface area contributed by atoms with Crippen molar-refractivity contribution in [1.29, 1.82) is 0 Å². The van der Waals surface area contributed by atoms with Gasteiger partial charge in [-0.25, -0.2) is 4.39 Å².